The maximum absolute atomic E-state index is 8.70. The molecule has 2 rings (SSSR count). The number of nitrogens with zero attached hydrogens (tertiary/aromatic N) is 4. The zero-order valence-corrected chi connectivity index (χ0v) is 8.42. The van der Waals surface area contributed by atoms with Gasteiger partial charge in [0.05, 0.1) is 11.6 Å². The number of nitrogens with one attached hydrogen (secondary N) is 1. The molecule has 6 nitrogen and oxygen atoms in total. The zero-order valence-electron chi connectivity index (χ0n) is 8.42. The van der Waals surface area contributed by atoms with Gasteiger partial charge >= 0.3 is 0 Å². The summed E-state index contributed by atoms with van der Waals surface area (Å²) in [5.74, 6) is 1.24. The third-order valence-electron chi connectivity index (χ3n) is 1.94. The van der Waals surface area contributed by atoms with Gasteiger partial charge in [0.1, 0.15) is 5.82 Å². The Morgan fingerprint density at radius 2 is 2.38 bits per heavy atom. The molecule has 0 fully saturated rings. The molecular weight excluding hydrogens is 206 g/mol. The Morgan fingerprint density at radius 3 is 3.12 bits per heavy atom. The van der Waals surface area contributed by atoms with E-state index in [1.807, 2.05) is 0 Å². The van der Waals surface area contributed by atoms with Gasteiger partial charge in [-0.1, -0.05) is 5.16 Å². The van der Waals surface area contributed by atoms with Crippen LogP contribution in [-0.4, -0.2) is 21.7 Å². The van der Waals surface area contributed by atoms with Crippen LogP contribution in [-0.2, 0) is 6.42 Å². The molecule has 0 aliphatic rings. The number of hydrogen-bond acceptors (Lipinski definition) is 6. The quantitative estimate of drug-likeness (QED) is 0.818. The largest absolute Gasteiger partial charge is 0.370 e. The van der Waals surface area contributed by atoms with Crippen LogP contribution in [0.25, 0.3) is 0 Å². The molecule has 0 aliphatic heterocycles. The maximum Gasteiger partial charge on any atom is 0.228 e. The normalized spacial score (nSPS) is 9.69. The highest BCUT2D eigenvalue weighted by Crippen LogP contribution is 2.05. The maximum atomic E-state index is 8.70. The lowest BCUT2D eigenvalue weighted by Crippen LogP contribution is -2.06. The molecule has 0 saturated heterocycles. The molecule has 0 spiro atoms. The Labute approximate surface area is 91.9 Å². The minimum Gasteiger partial charge on any atom is -0.370 e. The van der Waals surface area contributed by atoms with Crippen molar-refractivity contribution in [2.24, 2.45) is 0 Å². The first-order chi connectivity index (χ1) is 7.88. The van der Waals surface area contributed by atoms with Gasteiger partial charge < -0.3 is 9.84 Å². The number of anilines is 1. The molecule has 2 aromatic heterocycles. The van der Waals surface area contributed by atoms with E-state index in [1.165, 1.54) is 6.33 Å². The first kappa shape index (κ1) is 10.1. The first-order valence-corrected chi connectivity index (χ1v) is 4.74. The van der Waals surface area contributed by atoms with Gasteiger partial charge in [0, 0.05) is 19.2 Å². The van der Waals surface area contributed by atoms with E-state index in [0.717, 1.165) is 0 Å². The van der Waals surface area contributed by atoms with Crippen LogP contribution in [0.5, 0.6) is 0 Å². The van der Waals surface area contributed by atoms with Crippen LogP contribution in [0.4, 0.5) is 5.82 Å². The second kappa shape index (κ2) is 4.89. The predicted octanol–water partition coefficient (Wildman–Crippen LogP) is 0.991. The first-order valence-electron chi connectivity index (χ1n) is 4.74. The lowest BCUT2D eigenvalue weighted by molar-refractivity contribution is 0.379. The van der Waals surface area contributed by atoms with Gasteiger partial charge in [0.2, 0.25) is 5.89 Å². The molecule has 0 atom stereocenters. The van der Waals surface area contributed by atoms with E-state index >= 15 is 0 Å². The van der Waals surface area contributed by atoms with E-state index in [9.17, 15) is 0 Å². The van der Waals surface area contributed by atoms with Gasteiger partial charge in [-0.15, -0.1) is 0 Å². The van der Waals surface area contributed by atoms with Gasteiger partial charge in [-0.25, -0.2) is 4.98 Å². The highest BCUT2D eigenvalue weighted by atomic mass is 16.5. The molecular formula is C10H9N5O. The summed E-state index contributed by atoms with van der Waals surface area (Å²) in [5, 5.41) is 15.3. The van der Waals surface area contributed by atoms with Crippen LogP contribution in [0.2, 0.25) is 0 Å². The number of pyridine rings is 1. The summed E-state index contributed by atoms with van der Waals surface area (Å²) in [4.78, 5) is 7.97. The van der Waals surface area contributed by atoms with Gasteiger partial charge in [-0.2, -0.15) is 10.2 Å². The van der Waals surface area contributed by atoms with E-state index < -0.39 is 0 Å². The van der Waals surface area contributed by atoms with Crippen LogP contribution in [0.3, 0.4) is 0 Å². The van der Waals surface area contributed by atoms with Crippen LogP contribution >= 0.6 is 0 Å². The Balaban J connectivity index is 1.88. The third kappa shape index (κ3) is 2.54. The standard InChI is InChI=1S/C10H9N5O/c11-6-8-1-3-12-9(5-8)13-4-2-10-14-7-15-16-10/h1,3,5,7H,2,4H2,(H,12,13). The fourth-order valence-electron chi connectivity index (χ4n) is 1.20. The third-order valence-corrected chi connectivity index (χ3v) is 1.94. The van der Waals surface area contributed by atoms with Crippen LogP contribution < -0.4 is 5.32 Å². The molecule has 0 bridgehead atoms. The van der Waals surface area contributed by atoms with Gasteiger partial charge in [0.25, 0.3) is 0 Å². The Bertz CT molecular complexity index is 488. The number of rotatable bonds is 4. The van der Waals surface area contributed by atoms with Crippen molar-refractivity contribution in [3.63, 3.8) is 0 Å². The molecule has 6 heteroatoms. The minimum atomic E-state index is 0.573. The lowest BCUT2D eigenvalue weighted by Gasteiger charge is -2.02. The Kier molecular flexibility index (Phi) is 3.09. The van der Waals surface area contributed by atoms with Crippen molar-refractivity contribution in [2.75, 3.05) is 11.9 Å². The highest BCUT2D eigenvalue weighted by molar-refractivity contribution is 5.42. The van der Waals surface area contributed by atoms with Gasteiger partial charge in [0.15, 0.2) is 6.33 Å². The number of nitriles is 1. The molecule has 0 unspecified atom stereocenters. The molecule has 0 aromatic carbocycles. The number of hydrogen-bond donors (Lipinski definition) is 1. The van der Waals surface area contributed by atoms with Crippen LogP contribution in [0, 0.1) is 11.3 Å². The van der Waals surface area contributed by atoms with Gasteiger partial charge in [-0.05, 0) is 12.1 Å². The highest BCUT2D eigenvalue weighted by Gasteiger charge is 1.99. The summed E-state index contributed by atoms with van der Waals surface area (Å²) in [6, 6.07) is 5.39. The average Bonchev–Trinajstić information content (AvgIpc) is 2.82. The van der Waals surface area contributed by atoms with E-state index in [2.05, 4.69) is 26.5 Å². The monoisotopic (exact) mass is 215 g/mol. The Morgan fingerprint density at radius 1 is 1.44 bits per heavy atom. The van der Waals surface area contributed by atoms with E-state index in [4.69, 9.17) is 9.78 Å². The summed E-state index contributed by atoms with van der Waals surface area (Å²) >= 11 is 0. The van der Waals surface area contributed by atoms with E-state index in [-0.39, 0.29) is 0 Å². The molecule has 0 aliphatic carbocycles. The predicted molar refractivity (Wildman–Crippen MR) is 55.4 cm³/mol. The molecule has 2 heterocycles. The van der Waals surface area contributed by atoms with Crippen molar-refractivity contribution in [2.45, 2.75) is 6.42 Å². The SMILES string of the molecule is N#Cc1ccnc(NCCc2ncno2)c1. The van der Waals surface area contributed by atoms with Crippen molar-refractivity contribution in [1.82, 2.24) is 15.1 Å². The van der Waals surface area contributed by atoms with Crippen molar-refractivity contribution in [1.29, 1.82) is 5.26 Å². The summed E-state index contributed by atoms with van der Waals surface area (Å²) in [6.07, 6.45) is 3.58. The van der Waals surface area contributed by atoms with Gasteiger partial charge in [-0.3, -0.25) is 0 Å². The molecule has 80 valence electrons. The summed E-state index contributed by atoms with van der Waals surface area (Å²) in [7, 11) is 0. The van der Waals surface area contributed by atoms with Crippen molar-refractivity contribution in [3.8, 4) is 6.07 Å². The van der Waals surface area contributed by atoms with Crippen molar-refractivity contribution >= 4 is 5.82 Å². The zero-order chi connectivity index (χ0) is 11.2. The molecule has 0 saturated carbocycles. The molecule has 0 amide bonds. The topological polar surface area (TPSA) is 87.6 Å². The second-order valence-corrected chi connectivity index (χ2v) is 3.05. The van der Waals surface area contributed by atoms with Crippen molar-refractivity contribution in [3.05, 3.63) is 36.1 Å². The Hall–Kier alpha value is -2.42. The molecule has 1 N–H and O–H groups in total. The minimum absolute atomic E-state index is 0.573. The van der Waals surface area contributed by atoms with E-state index in [0.29, 0.717) is 30.2 Å². The van der Waals surface area contributed by atoms with Crippen molar-refractivity contribution < 1.29 is 4.52 Å². The summed E-state index contributed by atoms with van der Waals surface area (Å²) in [5.41, 5.74) is 0.579. The molecule has 0 radical (unpaired) electrons. The molecule has 2 aromatic rings. The van der Waals surface area contributed by atoms with Crippen LogP contribution in [0.1, 0.15) is 11.5 Å². The van der Waals surface area contributed by atoms with Crippen LogP contribution in [0.15, 0.2) is 29.2 Å². The smallest absolute Gasteiger partial charge is 0.228 e. The molecule has 16 heavy (non-hydrogen) atoms. The number of aromatic nitrogens is 3. The second-order valence-electron chi connectivity index (χ2n) is 3.05. The summed E-state index contributed by atoms with van der Waals surface area (Å²) < 4.78 is 4.84. The average molecular weight is 215 g/mol. The fraction of sp³-hybridized carbons (Fsp3) is 0.200. The lowest BCUT2D eigenvalue weighted by atomic mass is 10.3. The van der Waals surface area contributed by atoms with E-state index in [1.54, 1.807) is 18.3 Å². The fourth-order valence-corrected chi connectivity index (χ4v) is 1.20. The summed E-state index contributed by atoms with van der Waals surface area (Å²) in [6.45, 7) is 0.629.